The molecule has 0 aliphatic heterocycles. The van der Waals surface area contributed by atoms with Crippen molar-refractivity contribution in [3.8, 4) is 0 Å². The number of aryl methyl sites for hydroxylation is 1. The van der Waals surface area contributed by atoms with Crippen molar-refractivity contribution >= 4 is 10.9 Å². The van der Waals surface area contributed by atoms with Gasteiger partial charge in [0.2, 0.25) is 0 Å². The van der Waals surface area contributed by atoms with Gasteiger partial charge in [-0.2, -0.15) is 0 Å². The van der Waals surface area contributed by atoms with E-state index in [9.17, 15) is 9.50 Å². The number of fused-ring (bicyclic) bond motifs is 1. The standard InChI is InChI=1S/C12H14FNO/c1-12(2,15)9-7-11-8(6-10(9)13)4-5-14(11)3/h4-7,15H,1-3H3. The summed E-state index contributed by atoms with van der Waals surface area (Å²) >= 11 is 0. The number of hydrogen-bond acceptors (Lipinski definition) is 1. The maximum Gasteiger partial charge on any atom is 0.130 e. The zero-order chi connectivity index (χ0) is 11.2. The van der Waals surface area contributed by atoms with Gasteiger partial charge >= 0.3 is 0 Å². The molecule has 0 saturated heterocycles. The Morgan fingerprint density at radius 3 is 2.60 bits per heavy atom. The molecule has 0 spiro atoms. The Bertz CT molecular complexity index is 508. The van der Waals surface area contributed by atoms with Gasteiger partial charge < -0.3 is 9.67 Å². The van der Waals surface area contributed by atoms with Gasteiger partial charge in [-0.05, 0) is 32.0 Å². The molecule has 0 amide bonds. The fourth-order valence-electron chi connectivity index (χ4n) is 1.76. The van der Waals surface area contributed by atoms with Crippen molar-refractivity contribution in [3.05, 3.63) is 35.8 Å². The molecule has 0 aliphatic carbocycles. The van der Waals surface area contributed by atoms with E-state index in [1.54, 1.807) is 19.9 Å². The lowest BCUT2D eigenvalue weighted by molar-refractivity contribution is 0.0747. The second kappa shape index (κ2) is 3.07. The summed E-state index contributed by atoms with van der Waals surface area (Å²) in [7, 11) is 1.90. The van der Waals surface area contributed by atoms with E-state index in [1.807, 2.05) is 23.9 Å². The van der Waals surface area contributed by atoms with Crippen LogP contribution in [0.3, 0.4) is 0 Å². The van der Waals surface area contributed by atoms with Gasteiger partial charge in [0.25, 0.3) is 0 Å². The lowest BCUT2D eigenvalue weighted by Gasteiger charge is -2.18. The summed E-state index contributed by atoms with van der Waals surface area (Å²) < 4.78 is 15.6. The molecule has 1 aromatic heterocycles. The summed E-state index contributed by atoms with van der Waals surface area (Å²) in [4.78, 5) is 0. The van der Waals surface area contributed by atoms with E-state index in [1.165, 1.54) is 6.07 Å². The van der Waals surface area contributed by atoms with E-state index < -0.39 is 5.60 Å². The molecule has 0 unspecified atom stereocenters. The molecule has 0 aliphatic rings. The molecular formula is C12H14FNO. The van der Waals surface area contributed by atoms with E-state index in [4.69, 9.17) is 0 Å². The normalized spacial score (nSPS) is 12.3. The summed E-state index contributed by atoms with van der Waals surface area (Å²) in [5, 5.41) is 10.7. The van der Waals surface area contributed by atoms with Crippen LogP contribution in [-0.4, -0.2) is 9.67 Å². The summed E-state index contributed by atoms with van der Waals surface area (Å²) in [5.74, 6) is -0.360. The van der Waals surface area contributed by atoms with Crippen LogP contribution in [0.2, 0.25) is 0 Å². The Morgan fingerprint density at radius 1 is 1.33 bits per heavy atom. The first kappa shape index (κ1) is 10.2. The average molecular weight is 207 g/mol. The summed E-state index contributed by atoms with van der Waals surface area (Å²) in [6, 6.07) is 5.01. The molecule has 0 atom stereocenters. The molecule has 1 heterocycles. The van der Waals surface area contributed by atoms with Gasteiger partial charge in [-0.15, -0.1) is 0 Å². The zero-order valence-corrected chi connectivity index (χ0v) is 9.08. The molecule has 1 aromatic carbocycles. The predicted octanol–water partition coefficient (Wildman–Crippen LogP) is 2.54. The van der Waals surface area contributed by atoms with Gasteiger partial charge in [0, 0.05) is 29.7 Å². The van der Waals surface area contributed by atoms with Gasteiger partial charge in [-0.3, -0.25) is 0 Å². The molecule has 0 saturated carbocycles. The highest BCUT2D eigenvalue weighted by Gasteiger charge is 2.21. The Morgan fingerprint density at radius 2 is 2.00 bits per heavy atom. The molecule has 80 valence electrons. The quantitative estimate of drug-likeness (QED) is 0.763. The molecule has 15 heavy (non-hydrogen) atoms. The summed E-state index contributed by atoms with van der Waals surface area (Å²) in [6.45, 7) is 3.17. The number of halogens is 1. The smallest absolute Gasteiger partial charge is 0.130 e. The van der Waals surface area contributed by atoms with Crippen LogP contribution in [0.1, 0.15) is 19.4 Å². The first-order chi connectivity index (χ1) is 6.89. The number of benzene rings is 1. The molecular weight excluding hydrogens is 193 g/mol. The number of hydrogen-bond donors (Lipinski definition) is 1. The Kier molecular flexibility index (Phi) is 2.08. The van der Waals surface area contributed by atoms with Crippen molar-refractivity contribution in [3.63, 3.8) is 0 Å². The molecule has 2 aromatic rings. The molecule has 2 nitrogen and oxygen atoms in total. The molecule has 1 N–H and O–H groups in total. The minimum absolute atomic E-state index is 0.330. The largest absolute Gasteiger partial charge is 0.386 e. The van der Waals surface area contributed by atoms with Crippen LogP contribution < -0.4 is 0 Å². The number of aliphatic hydroxyl groups is 1. The van der Waals surface area contributed by atoms with Crippen LogP contribution in [0.4, 0.5) is 4.39 Å². The van der Waals surface area contributed by atoms with E-state index >= 15 is 0 Å². The molecule has 3 heteroatoms. The minimum Gasteiger partial charge on any atom is -0.386 e. The Labute approximate surface area is 88.0 Å². The summed E-state index contributed by atoms with van der Waals surface area (Å²) in [5.41, 5.74) is 0.105. The Hall–Kier alpha value is -1.35. The van der Waals surface area contributed by atoms with E-state index in [0.29, 0.717) is 5.56 Å². The highest BCUT2D eigenvalue weighted by molar-refractivity contribution is 5.81. The molecule has 0 fully saturated rings. The first-order valence-corrected chi connectivity index (χ1v) is 4.87. The second-order valence-corrected chi connectivity index (χ2v) is 4.38. The Balaban J connectivity index is 2.76. The molecule has 2 rings (SSSR count). The van der Waals surface area contributed by atoms with Crippen molar-refractivity contribution < 1.29 is 9.50 Å². The van der Waals surface area contributed by atoms with Crippen molar-refractivity contribution in [1.29, 1.82) is 0 Å². The first-order valence-electron chi connectivity index (χ1n) is 4.87. The van der Waals surface area contributed by atoms with Crippen LogP contribution in [0, 0.1) is 5.82 Å². The summed E-state index contributed by atoms with van der Waals surface area (Å²) in [6.07, 6.45) is 1.87. The van der Waals surface area contributed by atoms with Crippen molar-refractivity contribution in [2.24, 2.45) is 7.05 Å². The number of nitrogens with zero attached hydrogens (tertiary/aromatic N) is 1. The van der Waals surface area contributed by atoms with Gasteiger partial charge in [-0.1, -0.05) is 0 Å². The second-order valence-electron chi connectivity index (χ2n) is 4.38. The number of aromatic nitrogens is 1. The van der Waals surface area contributed by atoms with Crippen molar-refractivity contribution in [1.82, 2.24) is 4.57 Å². The van der Waals surface area contributed by atoms with E-state index in [2.05, 4.69) is 0 Å². The van der Waals surface area contributed by atoms with Crippen molar-refractivity contribution in [2.45, 2.75) is 19.4 Å². The monoisotopic (exact) mass is 207 g/mol. The SMILES string of the molecule is Cn1ccc2cc(F)c(C(C)(C)O)cc21. The van der Waals surface area contributed by atoms with Crippen LogP contribution in [0.25, 0.3) is 10.9 Å². The van der Waals surface area contributed by atoms with Crippen LogP contribution in [0.15, 0.2) is 24.4 Å². The van der Waals surface area contributed by atoms with Gasteiger partial charge in [0.1, 0.15) is 5.82 Å². The van der Waals surface area contributed by atoms with Gasteiger partial charge in [-0.25, -0.2) is 4.39 Å². The predicted molar refractivity (Wildman–Crippen MR) is 58.1 cm³/mol. The lowest BCUT2D eigenvalue weighted by atomic mass is 9.97. The van der Waals surface area contributed by atoms with Crippen LogP contribution in [0.5, 0.6) is 0 Å². The highest BCUT2D eigenvalue weighted by atomic mass is 19.1. The highest BCUT2D eigenvalue weighted by Crippen LogP contribution is 2.27. The third-order valence-corrected chi connectivity index (χ3v) is 2.63. The topological polar surface area (TPSA) is 25.2 Å². The van der Waals surface area contributed by atoms with E-state index in [-0.39, 0.29) is 5.82 Å². The van der Waals surface area contributed by atoms with Crippen molar-refractivity contribution in [2.75, 3.05) is 0 Å². The van der Waals surface area contributed by atoms with Crippen LogP contribution >= 0.6 is 0 Å². The van der Waals surface area contributed by atoms with Gasteiger partial charge in [0.15, 0.2) is 0 Å². The van der Waals surface area contributed by atoms with Gasteiger partial charge in [0.05, 0.1) is 5.60 Å². The number of rotatable bonds is 1. The third kappa shape index (κ3) is 1.63. The average Bonchev–Trinajstić information content (AvgIpc) is 2.44. The maximum atomic E-state index is 13.7. The lowest BCUT2D eigenvalue weighted by Crippen LogP contribution is -2.17. The molecule has 0 radical (unpaired) electrons. The zero-order valence-electron chi connectivity index (χ0n) is 9.08. The molecule has 0 bridgehead atoms. The third-order valence-electron chi connectivity index (χ3n) is 2.63. The van der Waals surface area contributed by atoms with E-state index in [0.717, 1.165) is 10.9 Å². The fourth-order valence-corrected chi connectivity index (χ4v) is 1.76. The minimum atomic E-state index is -1.15. The van der Waals surface area contributed by atoms with Crippen LogP contribution in [-0.2, 0) is 12.6 Å². The maximum absolute atomic E-state index is 13.7. The fraction of sp³-hybridized carbons (Fsp3) is 0.333.